The van der Waals surface area contributed by atoms with Crippen LogP contribution in [-0.4, -0.2) is 23.9 Å². The number of hydrogen-bond acceptors (Lipinski definition) is 4. The molecule has 0 aliphatic carbocycles. The van der Waals surface area contributed by atoms with Gasteiger partial charge in [0.15, 0.2) is 5.78 Å². The average molecular weight is 219 g/mol. The number of nitrogen functional groups attached to an aromatic ring is 1. The quantitative estimate of drug-likeness (QED) is 0.732. The summed E-state index contributed by atoms with van der Waals surface area (Å²) >= 11 is 0. The Balaban J connectivity index is 2.36. The number of carbonyl (C=O) groups is 1. The molecule has 1 unspecified atom stereocenters. The van der Waals surface area contributed by atoms with E-state index >= 15 is 0 Å². The lowest BCUT2D eigenvalue weighted by molar-refractivity contribution is 0.0840. The molecule has 4 heteroatoms. The van der Waals surface area contributed by atoms with Gasteiger partial charge in [0.1, 0.15) is 5.82 Å². The van der Waals surface area contributed by atoms with Crippen LogP contribution in [0.2, 0.25) is 0 Å². The van der Waals surface area contributed by atoms with Crippen molar-refractivity contribution in [2.24, 2.45) is 5.41 Å². The van der Waals surface area contributed by atoms with Crippen molar-refractivity contribution in [3.8, 4) is 0 Å². The SMILES string of the molecule is Cc1cnc(N)c(C(=O)C2(C)CCNC2)c1. The molecule has 1 saturated heterocycles. The van der Waals surface area contributed by atoms with Crippen LogP contribution in [0, 0.1) is 12.3 Å². The van der Waals surface area contributed by atoms with Gasteiger partial charge in [0.25, 0.3) is 0 Å². The van der Waals surface area contributed by atoms with Crippen molar-refractivity contribution >= 4 is 11.6 Å². The number of nitrogens with two attached hydrogens (primary N) is 1. The molecule has 0 bridgehead atoms. The van der Waals surface area contributed by atoms with Crippen molar-refractivity contribution in [1.29, 1.82) is 0 Å². The van der Waals surface area contributed by atoms with Crippen molar-refractivity contribution in [2.45, 2.75) is 20.3 Å². The molecule has 0 amide bonds. The van der Waals surface area contributed by atoms with E-state index < -0.39 is 0 Å². The van der Waals surface area contributed by atoms with Crippen LogP contribution in [0.5, 0.6) is 0 Å². The maximum absolute atomic E-state index is 12.4. The number of pyridine rings is 1. The van der Waals surface area contributed by atoms with E-state index in [9.17, 15) is 4.79 Å². The van der Waals surface area contributed by atoms with E-state index in [-0.39, 0.29) is 11.2 Å². The molecule has 1 aromatic heterocycles. The van der Waals surface area contributed by atoms with Gasteiger partial charge in [-0.3, -0.25) is 4.79 Å². The van der Waals surface area contributed by atoms with Crippen LogP contribution in [0.25, 0.3) is 0 Å². The first-order valence-corrected chi connectivity index (χ1v) is 5.50. The third kappa shape index (κ3) is 1.80. The Morgan fingerprint density at radius 2 is 2.38 bits per heavy atom. The maximum atomic E-state index is 12.4. The lowest BCUT2D eigenvalue weighted by Gasteiger charge is -2.21. The van der Waals surface area contributed by atoms with Gasteiger partial charge in [-0.05, 0) is 31.5 Å². The number of aryl methyl sites for hydroxylation is 1. The van der Waals surface area contributed by atoms with Gasteiger partial charge in [-0.25, -0.2) is 4.98 Å². The average Bonchev–Trinajstić information content (AvgIpc) is 2.69. The zero-order valence-corrected chi connectivity index (χ0v) is 9.71. The highest BCUT2D eigenvalue weighted by atomic mass is 16.1. The molecule has 1 atom stereocenters. The van der Waals surface area contributed by atoms with E-state index in [1.165, 1.54) is 0 Å². The van der Waals surface area contributed by atoms with Crippen LogP contribution in [0.15, 0.2) is 12.3 Å². The fraction of sp³-hybridized carbons (Fsp3) is 0.500. The summed E-state index contributed by atoms with van der Waals surface area (Å²) in [6.07, 6.45) is 2.54. The first-order valence-electron chi connectivity index (χ1n) is 5.50. The normalized spacial score (nSPS) is 24.6. The highest BCUT2D eigenvalue weighted by Gasteiger charge is 2.37. The highest BCUT2D eigenvalue weighted by molar-refractivity contribution is 6.04. The van der Waals surface area contributed by atoms with Crippen LogP contribution in [0.4, 0.5) is 5.82 Å². The molecule has 2 heterocycles. The minimum absolute atomic E-state index is 0.103. The topological polar surface area (TPSA) is 68.0 Å². The Hall–Kier alpha value is -1.42. The number of nitrogens with zero attached hydrogens (tertiary/aromatic N) is 1. The number of anilines is 1. The molecular weight excluding hydrogens is 202 g/mol. The van der Waals surface area contributed by atoms with Gasteiger partial charge in [-0.1, -0.05) is 6.92 Å². The smallest absolute Gasteiger partial charge is 0.173 e. The molecular formula is C12H17N3O. The van der Waals surface area contributed by atoms with E-state index in [0.717, 1.165) is 25.1 Å². The van der Waals surface area contributed by atoms with Crippen molar-refractivity contribution in [3.63, 3.8) is 0 Å². The molecule has 1 fully saturated rings. The van der Waals surface area contributed by atoms with E-state index in [4.69, 9.17) is 5.73 Å². The summed E-state index contributed by atoms with van der Waals surface area (Å²) in [5.41, 5.74) is 6.96. The predicted molar refractivity (Wildman–Crippen MR) is 63.3 cm³/mol. The summed E-state index contributed by atoms with van der Waals surface area (Å²) in [6, 6.07) is 1.83. The second kappa shape index (κ2) is 3.87. The predicted octanol–water partition coefficient (Wildman–Crippen LogP) is 1.15. The zero-order chi connectivity index (χ0) is 11.8. The largest absolute Gasteiger partial charge is 0.383 e. The molecule has 0 aromatic carbocycles. The number of ketones is 1. The Kier molecular flexibility index (Phi) is 2.68. The molecule has 16 heavy (non-hydrogen) atoms. The van der Waals surface area contributed by atoms with Gasteiger partial charge in [-0.15, -0.1) is 0 Å². The first kappa shape index (κ1) is 11.1. The van der Waals surface area contributed by atoms with Gasteiger partial charge < -0.3 is 11.1 Å². The number of carbonyl (C=O) groups excluding carboxylic acids is 1. The third-order valence-corrected chi connectivity index (χ3v) is 3.22. The van der Waals surface area contributed by atoms with Crippen molar-refractivity contribution in [1.82, 2.24) is 10.3 Å². The second-order valence-corrected chi connectivity index (χ2v) is 4.76. The molecule has 0 saturated carbocycles. The van der Waals surface area contributed by atoms with E-state index in [0.29, 0.717) is 11.4 Å². The summed E-state index contributed by atoms with van der Waals surface area (Å²) in [6.45, 7) is 5.51. The van der Waals surface area contributed by atoms with Crippen LogP contribution in [-0.2, 0) is 0 Å². The lowest BCUT2D eigenvalue weighted by Crippen LogP contribution is -2.31. The Labute approximate surface area is 95.3 Å². The molecule has 1 aliphatic heterocycles. The summed E-state index contributed by atoms with van der Waals surface area (Å²) in [7, 11) is 0. The van der Waals surface area contributed by atoms with Gasteiger partial charge in [0, 0.05) is 18.2 Å². The first-order chi connectivity index (χ1) is 7.53. The van der Waals surface area contributed by atoms with E-state index in [1.54, 1.807) is 6.20 Å². The minimum Gasteiger partial charge on any atom is -0.383 e. The zero-order valence-electron chi connectivity index (χ0n) is 9.71. The van der Waals surface area contributed by atoms with Crippen LogP contribution in [0.3, 0.4) is 0 Å². The second-order valence-electron chi connectivity index (χ2n) is 4.76. The Morgan fingerprint density at radius 3 is 3.00 bits per heavy atom. The standard InChI is InChI=1S/C12H17N3O/c1-8-5-9(11(13)15-6-8)10(16)12(2)3-4-14-7-12/h5-6,14H,3-4,7H2,1-2H3,(H2,13,15). The molecule has 3 N–H and O–H groups in total. The number of rotatable bonds is 2. The lowest BCUT2D eigenvalue weighted by atomic mass is 9.81. The Morgan fingerprint density at radius 1 is 1.62 bits per heavy atom. The van der Waals surface area contributed by atoms with Gasteiger partial charge in [-0.2, -0.15) is 0 Å². The fourth-order valence-corrected chi connectivity index (χ4v) is 2.10. The van der Waals surface area contributed by atoms with Gasteiger partial charge in [0.05, 0.1) is 5.56 Å². The summed E-state index contributed by atoms with van der Waals surface area (Å²) in [5.74, 6) is 0.440. The van der Waals surface area contributed by atoms with E-state index in [1.807, 2.05) is 19.9 Å². The molecule has 1 aromatic rings. The van der Waals surface area contributed by atoms with Gasteiger partial charge >= 0.3 is 0 Å². The minimum atomic E-state index is -0.330. The van der Waals surface area contributed by atoms with Crippen LogP contribution in [0.1, 0.15) is 29.3 Å². The number of Topliss-reactive ketones (excluding diaryl/α,β-unsaturated/α-hetero) is 1. The molecule has 86 valence electrons. The van der Waals surface area contributed by atoms with E-state index in [2.05, 4.69) is 10.3 Å². The van der Waals surface area contributed by atoms with Crippen molar-refractivity contribution < 1.29 is 4.79 Å². The monoisotopic (exact) mass is 219 g/mol. The van der Waals surface area contributed by atoms with Crippen LogP contribution >= 0.6 is 0 Å². The highest BCUT2D eigenvalue weighted by Crippen LogP contribution is 2.30. The molecule has 4 nitrogen and oxygen atoms in total. The van der Waals surface area contributed by atoms with Gasteiger partial charge in [0.2, 0.25) is 0 Å². The molecule has 0 radical (unpaired) electrons. The summed E-state index contributed by atoms with van der Waals surface area (Å²) < 4.78 is 0. The number of nitrogens with one attached hydrogen (secondary N) is 1. The maximum Gasteiger partial charge on any atom is 0.173 e. The molecule has 1 aliphatic rings. The fourth-order valence-electron chi connectivity index (χ4n) is 2.10. The third-order valence-electron chi connectivity index (χ3n) is 3.22. The van der Waals surface area contributed by atoms with Crippen LogP contribution < -0.4 is 11.1 Å². The number of aromatic nitrogens is 1. The van der Waals surface area contributed by atoms with Crippen molar-refractivity contribution in [2.75, 3.05) is 18.8 Å². The molecule has 0 spiro atoms. The Bertz CT molecular complexity index is 422. The van der Waals surface area contributed by atoms with Crippen molar-refractivity contribution in [3.05, 3.63) is 23.4 Å². The number of hydrogen-bond donors (Lipinski definition) is 2. The molecule has 2 rings (SSSR count). The summed E-state index contributed by atoms with van der Waals surface area (Å²) in [4.78, 5) is 16.4. The summed E-state index contributed by atoms with van der Waals surface area (Å²) in [5, 5.41) is 3.22.